The van der Waals surface area contributed by atoms with Gasteiger partial charge in [0, 0.05) is 17.5 Å². The third-order valence-electron chi connectivity index (χ3n) is 3.98. The van der Waals surface area contributed by atoms with Crippen LogP contribution in [0.2, 0.25) is 0 Å². The first-order valence-electron chi connectivity index (χ1n) is 7.93. The lowest BCUT2D eigenvalue weighted by Gasteiger charge is -2.11. The second-order valence-electron chi connectivity index (χ2n) is 5.73. The molecule has 0 aliphatic carbocycles. The summed E-state index contributed by atoms with van der Waals surface area (Å²) in [5.41, 5.74) is 6.59. The van der Waals surface area contributed by atoms with Crippen LogP contribution in [0.15, 0.2) is 30.3 Å². The summed E-state index contributed by atoms with van der Waals surface area (Å²) in [6.45, 7) is 1.64. The maximum Gasteiger partial charge on any atom is 0.317 e. The molecule has 0 unspecified atom stereocenters. The number of nitrogens with one attached hydrogen (secondary N) is 3. The molecule has 2 heterocycles. The van der Waals surface area contributed by atoms with Crippen LogP contribution < -0.4 is 26.4 Å². The molecule has 0 radical (unpaired) electrons. The molecular formula is C17H20N4O3S. The molecule has 3 amide bonds. The lowest BCUT2D eigenvalue weighted by atomic mass is 10.1. The molecule has 0 bridgehead atoms. The van der Waals surface area contributed by atoms with Crippen molar-refractivity contribution >= 4 is 28.3 Å². The first-order valence-corrected chi connectivity index (χ1v) is 8.75. The number of amides is 3. The van der Waals surface area contributed by atoms with Crippen LogP contribution >= 0.6 is 11.3 Å². The van der Waals surface area contributed by atoms with Crippen LogP contribution in [0.4, 0.5) is 9.80 Å². The fourth-order valence-electron chi connectivity index (χ4n) is 2.70. The van der Waals surface area contributed by atoms with Crippen LogP contribution in [0, 0.1) is 0 Å². The van der Waals surface area contributed by atoms with Crippen molar-refractivity contribution in [1.82, 2.24) is 10.6 Å². The Kier molecular flexibility index (Phi) is 5.20. The highest BCUT2D eigenvalue weighted by Crippen LogP contribution is 2.36. The Morgan fingerprint density at radius 3 is 2.68 bits per heavy atom. The third kappa shape index (κ3) is 4.09. The number of hydrogen-bond donors (Lipinski definition) is 4. The molecule has 1 aromatic carbocycles. The minimum Gasteiger partial charge on any atom is -0.497 e. The predicted octanol–water partition coefficient (Wildman–Crippen LogP) is 2.01. The van der Waals surface area contributed by atoms with E-state index in [2.05, 4.69) is 16.0 Å². The number of carbonyl (C=O) groups is 2. The topological polar surface area (TPSA) is 105 Å². The summed E-state index contributed by atoms with van der Waals surface area (Å²) in [4.78, 5) is 24.7. The molecule has 0 spiro atoms. The monoisotopic (exact) mass is 360 g/mol. The van der Waals surface area contributed by atoms with Crippen molar-refractivity contribution in [2.45, 2.75) is 12.5 Å². The van der Waals surface area contributed by atoms with E-state index < -0.39 is 6.03 Å². The molecule has 0 saturated carbocycles. The number of methoxy groups -OCH3 is 1. The van der Waals surface area contributed by atoms with E-state index in [9.17, 15) is 9.59 Å². The van der Waals surface area contributed by atoms with Gasteiger partial charge in [0.25, 0.3) is 5.91 Å². The summed E-state index contributed by atoms with van der Waals surface area (Å²) in [6, 6.07) is 8.68. The van der Waals surface area contributed by atoms with Crippen LogP contribution in [-0.4, -0.2) is 38.2 Å². The van der Waals surface area contributed by atoms with Crippen LogP contribution in [0.1, 0.15) is 16.8 Å². The summed E-state index contributed by atoms with van der Waals surface area (Å²) >= 11 is 1.31. The molecule has 1 aliphatic heterocycles. The van der Waals surface area contributed by atoms with Crippen molar-refractivity contribution in [2.24, 2.45) is 5.73 Å². The van der Waals surface area contributed by atoms with Gasteiger partial charge in [0.2, 0.25) is 0 Å². The number of primary amides is 1. The van der Waals surface area contributed by atoms with Crippen LogP contribution in [0.5, 0.6) is 5.75 Å². The number of benzene rings is 1. The Morgan fingerprint density at radius 2 is 2.08 bits per heavy atom. The zero-order valence-electron chi connectivity index (χ0n) is 13.8. The zero-order chi connectivity index (χ0) is 17.8. The SMILES string of the molecule is COc1ccc(-c2cc(C(=O)N[C@@H]3CCNC3)c(NC(N)=O)s2)cc1. The summed E-state index contributed by atoms with van der Waals surface area (Å²) < 4.78 is 5.16. The second kappa shape index (κ2) is 7.54. The molecule has 7 nitrogen and oxygen atoms in total. The molecule has 1 aliphatic rings. The third-order valence-corrected chi connectivity index (χ3v) is 5.08. The smallest absolute Gasteiger partial charge is 0.317 e. The van der Waals surface area contributed by atoms with E-state index in [0.29, 0.717) is 10.6 Å². The maximum absolute atomic E-state index is 12.6. The highest BCUT2D eigenvalue weighted by molar-refractivity contribution is 7.20. The van der Waals surface area contributed by atoms with Crippen molar-refractivity contribution < 1.29 is 14.3 Å². The lowest BCUT2D eigenvalue weighted by molar-refractivity contribution is 0.0941. The van der Waals surface area contributed by atoms with E-state index in [1.165, 1.54) is 11.3 Å². The number of urea groups is 1. The minimum absolute atomic E-state index is 0.0956. The average molecular weight is 360 g/mol. The van der Waals surface area contributed by atoms with E-state index >= 15 is 0 Å². The normalized spacial score (nSPS) is 16.4. The summed E-state index contributed by atoms with van der Waals surface area (Å²) in [7, 11) is 1.61. The number of thiophene rings is 1. The molecule has 3 rings (SSSR count). The van der Waals surface area contributed by atoms with Crippen LogP contribution in [0.25, 0.3) is 10.4 Å². The van der Waals surface area contributed by atoms with E-state index in [4.69, 9.17) is 10.5 Å². The molecule has 132 valence electrons. The van der Waals surface area contributed by atoms with E-state index in [1.54, 1.807) is 13.2 Å². The average Bonchev–Trinajstić information content (AvgIpc) is 3.24. The molecule has 1 fully saturated rings. The maximum atomic E-state index is 12.6. The van der Waals surface area contributed by atoms with Crippen molar-refractivity contribution in [1.29, 1.82) is 0 Å². The van der Waals surface area contributed by atoms with Gasteiger partial charge in [0.1, 0.15) is 10.8 Å². The lowest BCUT2D eigenvalue weighted by Crippen LogP contribution is -2.36. The number of ether oxygens (including phenoxy) is 1. The molecule has 25 heavy (non-hydrogen) atoms. The Morgan fingerprint density at radius 1 is 1.32 bits per heavy atom. The summed E-state index contributed by atoms with van der Waals surface area (Å²) in [5, 5.41) is 9.18. The van der Waals surface area contributed by atoms with Gasteiger partial charge in [-0.25, -0.2) is 4.79 Å². The van der Waals surface area contributed by atoms with Gasteiger partial charge in [-0.05, 0) is 48.9 Å². The molecule has 1 saturated heterocycles. The number of nitrogens with two attached hydrogens (primary N) is 1. The summed E-state index contributed by atoms with van der Waals surface area (Å²) in [6.07, 6.45) is 0.889. The molecule has 5 N–H and O–H groups in total. The standard InChI is InChI=1S/C17H20N4O3S/c1-24-12-4-2-10(3-5-12)14-8-13(16(25-14)21-17(18)23)15(22)20-11-6-7-19-9-11/h2-5,8,11,19H,6-7,9H2,1H3,(H,20,22)(H3,18,21,23)/t11-/m1/s1. The van der Waals surface area contributed by atoms with E-state index in [0.717, 1.165) is 35.7 Å². The molecule has 2 aromatic rings. The van der Waals surface area contributed by atoms with Crippen molar-refractivity contribution in [3.63, 3.8) is 0 Å². The molecular weight excluding hydrogens is 340 g/mol. The first-order chi connectivity index (χ1) is 12.1. The highest BCUT2D eigenvalue weighted by Gasteiger charge is 2.22. The Bertz CT molecular complexity index is 767. The fourth-order valence-corrected chi connectivity index (χ4v) is 3.77. The predicted molar refractivity (Wildman–Crippen MR) is 98.3 cm³/mol. The quantitative estimate of drug-likeness (QED) is 0.654. The largest absolute Gasteiger partial charge is 0.497 e. The van der Waals surface area contributed by atoms with Gasteiger partial charge >= 0.3 is 6.03 Å². The van der Waals surface area contributed by atoms with Gasteiger partial charge in [-0.2, -0.15) is 0 Å². The van der Waals surface area contributed by atoms with Gasteiger partial charge < -0.3 is 21.1 Å². The van der Waals surface area contributed by atoms with Gasteiger partial charge in [-0.3, -0.25) is 10.1 Å². The van der Waals surface area contributed by atoms with Crippen molar-refractivity contribution in [3.05, 3.63) is 35.9 Å². The Labute approximate surface area is 149 Å². The van der Waals surface area contributed by atoms with Crippen LogP contribution in [-0.2, 0) is 0 Å². The number of hydrogen-bond acceptors (Lipinski definition) is 5. The van der Waals surface area contributed by atoms with Crippen molar-refractivity contribution in [2.75, 3.05) is 25.5 Å². The number of carbonyl (C=O) groups excluding carboxylic acids is 2. The van der Waals surface area contributed by atoms with Gasteiger partial charge in [0.15, 0.2) is 0 Å². The van der Waals surface area contributed by atoms with Gasteiger partial charge in [-0.15, -0.1) is 11.3 Å². The summed E-state index contributed by atoms with van der Waals surface area (Å²) in [5.74, 6) is 0.538. The Hall–Kier alpha value is -2.58. The molecule has 1 atom stereocenters. The minimum atomic E-state index is -0.695. The van der Waals surface area contributed by atoms with E-state index in [-0.39, 0.29) is 11.9 Å². The number of rotatable bonds is 5. The molecule has 1 aromatic heterocycles. The zero-order valence-corrected chi connectivity index (χ0v) is 14.6. The second-order valence-corrected chi connectivity index (χ2v) is 6.79. The fraction of sp³-hybridized carbons (Fsp3) is 0.294. The first kappa shape index (κ1) is 17.2. The molecule has 8 heteroatoms. The van der Waals surface area contributed by atoms with E-state index in [1.807, 2.05) is 24.3 Å². The van der Waals surface area contributed by atoms with Gasteiger partial charge in [-0.1, -0.05) is 0 Å². The van der Waals surface area contributed by atoms with Gasteiger partial charge in [0.05, 0.1) is 12.7 Å². The van der Waals surface area contributed by atoms with Crippen LogP contribution in [0.3, 0.4) is 0 Å². The highest BCUT2D eigenvalue weighted by atomic mass is 32.1. The Balaban J connectivity index is 1.87. The number of anilines is 1. The van der Waals surface area contributed by atoms with Crippen molar-refractivity contribution in [3.8, 4) is 16.2 Å².